The summed E-state index contributed by atoms with van der Waals surface area (Å²) in [5, 5.41) is 3.33. The molecule has 0 unspecified atom stereocenters. The minimum Gasteiger partial charge on any atom is -0.321 e. The van der Waals surface area contributed by atoms with Crippen LogP contribution in [0.1, 0.15) is 10.4 Å². The average molecular weight is 420 g/mol. The van der Waals surface area contributed by atoms with Crippen LogP contribution in [0, 0.1) is 0 Å². The fourth-order valence-electron chi connectivity index (χ4n) is 1.51. The zero-order valence-electron chi connectivity index (χ0n) is 9.95. The highest BCUT2D eigenvalue weighted by molar-refractivity contribution is 9.10. The minimum atomic E-state index is -0.338. The van der Waals surface area contributed by atoms with Crippen molar-refractivity contribution < 1.29 is 4.79 Å². The molecule has 2 rings (SSSR count). The van der Waals surface area contributed by atoms with E-state index in [2.05, 4.69) is 47.6 Å². The van der Waals surface area contributed by atoms with Gasteiger partial charge in [0.1, 0.15) is 0 Å². The van der Waals surface area contributed by atoms with Gasteiger partial charge in [-0.15, -0.1) is 0 Å². The molecule has 0 saturated carbocycles. The second-order valence-corrected chi connectivity index (χ2v) is 5.98. The average Bonchev–Trinajstić information content (AvgIpc) is 2.41. The number of aromatic nitrogens is 1. The molecule has 0 aliphatic rings. The van der Waals surface area contributed by atoms with E-state index in [0.29, 0.717) is 25.2 Å². The van der Waals surface area contributed by atoms with Crippen molar-refractivity contribution in [1.82, 2.24) is 4.98 Å². The Balaban J connectivity index is 2.30. The molecule has 0 bridgehead atoms. The molecule has 0 saturated heterocycles. The van der Waals surface area contributed by atoms with Gasteiger partial charge in [-0.1, -0.05) is 11.6 Å². The predicted molar refractivity (Wildman–Crippen MR) is 86.9 cm³/mol. The van der Waals surface area contributed by atoms with Crippen LogP contribution in [-0.4, -0.2) is 10.9 Å². The van der Waals surface area contributed by atoms with E-state index in [0.717, 1.165) is 0 Å². The first kappa shape index (κ1) is 15.2. The van der Waals surface area contributed by atoms with Gasteiger partial charge in [-0.25, -0.2) is 10.8 Å². The summed E-state index contributed by atoms with van der Waals surface area (Å²) in [6.45, 7) is 0. The number of anilines is 2. The fourth-order valence-corrected chi connectivity index (χ4v) is 2.62. The van der Waals surface area contributed by atoms with Crippen molar-refractivity contribution in [1.29, 1.82) is 0 Å². The van der Waals surface area contributed by atoms with Crippen LogP contribution in [0.25, 0.3) is 0 Å². The van der Waals surface area contributed by atoms with Crippen molar-refractivity contribution in [3.63, 3.8) is 0 Å². The summed E-state index contributed by atoms with van der Waals surface area (Å²) < 4.78 is 1.36. The molecule has 0 aliphatic heterocycles. The van der Waals surface area contributed by atoms with Crippen LogP contribution >= 0.6 is 43.5 Å². The van der Waals surface area contributed by atoms with E-state index < -0.39 is 0 Å². The highest BCUT2D eigenvalue weighted by Gasteiger charge is 2.14. The van der Waals surface area contributed by atoms with Gasteiger partial charge in [-0.05, 0) is 56.1 Å². The summed E-state index contributed by atoms with van der Waals surface area (Å²) >= 11 is 12.5. The molecule has 2 aromatic rings. The third-order valence-electron chi connectivity index (χ3n) is 2.42. The molecule has 5 nitrogen and oxygen atoms in total. The van der Waals surface area contributed by atoms with E-state index >= 15 is 0 Å². The maximum absolute atomic E-state index is 12.3. The number of amides is 1. The second-order valence-electron chi connectivity index (χ2n) is 3.77. The molecule has 1 amide bonds. The molecule has 0 fully saturated rings. The molecule has 1 aromatic heterocycles. The quantitative estimate of drug-likeness (QED) is 0.521. The van der Waals surface area contributed by atoms with Gasteiger partial charge < -0.3 is 10.7 Å². The van der Waals surface area contributed by atoms with E-state index in [-0.39, 0.29) is 11.7 Å². The number of hydrogen-bond acceptors (Lipinski definition) is 4. The smallest absolute Gasteiger partial charge is 0.259 e. The Morgan fingerprint density at radius 3 is 2.70 bits per heavy atom. The largest absolute Gasteiger partial charge is 0.321 e. The van der Waals surface area contributed by atoms with Gasteiger partial charge in [0.05, 0.1) is 11.3 Å². The van der Waals surface area contributed by atoms with Crippen LogP contribution in [0.3, 0.4) is 0 Å². The zero-order valence-corrected chi connectivity index (χ0v) is 13.9. The Hall–Kier alpha value is -1.15. The molecule has 20 heavy (non-hydrogen) atoms. The lowest BCUT2D eigenvalue weighted by Crippen LogP contribution is -2.18. The lowest BCUT2D eigenvalue weighted by molar-refractivity contribution is 0.102. The van der Waals surface area contributed by atoms with Gasteiger partial charge in [0.15, 0.2) is 5.82 Å². The molecule has 104 valence electrons. The number of nitrogens with two attached hydrogens (primary N) is 1. The highest BCUT2D eigenvalue weighted by Crippen LogP contribution is 2.27. The summed E-state index contributed by atoms with van der Waals surface area (Å²) in [4.78, 5) is 16.3. The van der Waals surface area contributed by atoms with Crippen LogP contribution in [0.5, 0.6) is 0 Å². The molecular weight excluding hydrogens is 411 g/mol. The summed E-state index contributed by atoms with van der Waals surface area (Å²) in [5.41, 5.74) is 3.31. The monoisotopic (exact) mass is 418 g/mol. The third-order valence-corrected chi connectivity index (χ3v) is 3.74. The lowest BCUT2D eigenvalue weighted by Gasteiger charge is -2.10. The number of nitrogens with zero attached hydrogens (tertiary/aromatic N) is 1. The summed E-state index contributed by atoms with van der Waals surface area (Å²) in [6, 6.07) is 6.70. The van der Waals surface area contributed by atoms with E-state index in [1.165, 1.54) is 0 Å². The number of benzene rings is 1. The molecular formula is C12H9Br2ClN4O. The summed E-state index contributed by atoms with van der Waals surface area (Å²) in [5.74, 6) is 5.30. The topological polar surface area (TPSA) is 80.0 Å². The number of rotatable bonds is 3. The van der Waals surface area contributed by atoms with Gasteiger partial charge in [0.25, 0.3) is 5.91 Å². The first-order valence-electron chi connectivity index (χ1n) is 5.40. The van der Waals surface area contributed by atoms with Gasteiger partial charge in [0, 0.05) is 20.2 Å². The number of carbonyl (C=O) groups is 1. The SMILES string of the molecule is NNc1ncc(Br)cc1C(=O)Nc1ccc(Cl)cc1Br. The van der Waals surface area contributed by atoms with Gasteiger partial charge >= 0.3 is 0 Å². The maximum atomic E-state index is 12.3. The second kappa shape index (κ2) is 6.53. The molecule has 1 aromatic carbocycles. The fraction of sp³-hybridized carbons (Fsp3) is 0. The summed E-state index contributed by atoms with van der Waals surface area (Å²) in [6.07, 6.45) is 1.55. The van der Waals surface area contributed by atoms with Crippen molar-refractivity contribution in [2.24, 2.45) is 5.84 Å². The number of nitrogen functional groups attached to an aromatic ring is 1. The van der Waals surface area contributed by atoms with E-state index in [4.69, 9.17) is 17.4 Å². The van der Waals surface area contributed by atoms with Crippen molar-refractivity contribution in [2.45, 2.75) is 0 Å². The Labute approximate surface area is 137 Å². The number of halogens is 3. The molecule has 0 atom stereocenters. The van der Waals surface area contributed by atoms with Crippen LogP contribution in [0.15, 0.2) is 39.4 Å². The summed E-state index contributed by atoms with van der Waals surface area (Å²) in [7, 11) is 0. The maximum Gasteiger partial charge on any atom is 0.259 e. The van der Waals surface area contributed by atoms with Gasteiger partial charge in [-0.2, -0.15) is 0 Å². The molecule has 8 heteroatoms. The Bertz CT molecular complexity index is 666. The zero-order chi connectivity index (χ0) is 14.7. The van der Waals surface area contributed by atoms with Crippen LogP contribution in [0.4, 0.5) is 11.5 Å². The van der Waals surface area contributed by atoms with Crippen LogP contribution < -0.4 is 16.6 Å². The van der Waals surface area contributed by atoms with Crippen LogP contribution in [-0.2, 0) is 0 Å². The molecule has 4 N–H and O–H groups in total. The molecule has 0 aliphatic carbocycles. The predicted octanol–water partition coefficient (Wildman–Crippen LogP) is 3.80. The highest BCUT2D eigenvalue weighted by atomic mass is 79.9. The van der Waals surface area contributed by atoms with Crippen molar-refractivity contribution in [3.8, 4) is 0 Å². The van der Waals surface area contributed by atoms with E-state index in [9.17, 15) is 4.79 Å². The number of carbonyl (C=O) groups excluding carboxylic acids is 1. The Morgan fingerprint density at radius 1 is 1.30 bits per heavy atom. The first-order chi connectivity index (χ1) is 9.51. The Morgan fingerprint density at radius 2 is 2.05 bits per heavy atom. The van der Waals surface area contributed by atoms with Crippen molar-refractivity contribution >= 4 is 60.9 Å². The number of hydrazine groups is 1. The van der Waals surface area contributed by atoms with Crippen molar-refractivity contribution in [3.05, 3.63) is 50.0 Å². The standard InChI is InChI=1S/C12H9Br2ClN4O/c13-6-3-8(11(19-16)17-5-6)12(20)18-10-2-1-7(15)4-9(10)14/h1-5H,16H2,(H,17,19)(H,18,20). The molecule has 1 heterocycles. The molecule has 0 spiro atoms. The van der Waals surface area contributed by atoms with Crippen LogP contribution in [0.2, 0.25) is 5.02 Å². The van der Waals surface area contributed by atoms with Gasteiger partial charge in [-0.3, -0.25) is 4.79 Å². The Kier molecular flexibility index (Phi) is 4.98. The molecule has 0 radical (unpaired) electrons. The third kappa shape index (κ3) is 3.49. The number of pyridine rings is 1. The van der Waals surface area contributed by atoms with E-state index in [1.807, 2.05) is 0 Å². The lowest BCUT2D eigenvalue weighted by atomic mass is 10.2. The number of nitrogens with one attached hydrogen (secondary N) is 2. The first-order valence-corrected chi connectivity index (χ1v) is 7.36. The normalized spacial score (nSPS) is 10.2. The van der Waals surface area contributed by atoms with Crippen molar-refractivity contribution in [2.75, 3.05) is 10.7 Å². The minimum absolute atomic E-state index is 0.288. The van der Waals surface area contributed by atoms with Gasteiger partial charge in [0.2, 0.25) is 0 Å². The number of hydrogen-bond donors (Lipinski definition) is 3. The van der Waals surface area contributed by atoms with E-state index in [1.54, 1.807) is 30.5 Å².